The number of carbonyl (C=O) groups is 1. The number of aliphatic hydroxyl groups is 1. The highest BCUT2D eigenvalue weighted by atomic mass is 16.4. The number of benzene rings is 1. The van der Waals surface area contributed by atoms with Crippen molar-refractivity contribution in [1.29, 1.82) is 0 Å². The summed E-state index contributed by atoms with van der Waals surface area (Å²) in [6.45, 7) is 10.8. The Balaban J connectivity index is 2.90. The first-order valence-electron chi connectivity index (χ1n) is 7.68. The van der Waals surface area contributed by atoms with E-state index in [2.05, 4.69) is 40.7 Å². The fourth-order valence-corrected chi connectivity index (χ4v) is 2.81. The normalized spacial score (nSPS) is 12.3. The second-order valence-electron chi connectivity index (χ2n) is 7.13. The summed E-state index contributed by atoms with van der Waals surface area (Å²) in [4.78, 5) is 11.8. The highest BCUT2D eigenvalue weighted by Crippen LogP contribution is 2.34. The van der Waals surface area contributed by atoms with Gasteiger partial charge in [-0.3, -0.25) is 0 Å². The zero-order valence-electron chi connectivity index (χ0n) is 14.0. The van der Waals surface area contributed by atoms with Crippen LogP contribution in [0.5, 0.6) is 0 Å². The molecule has 0 aliphatic heterocycles. The van der Waals surface area contributed by atoms with Crippen LogP contribution in [0.25, 0.3) is 10.9 Å². The van der Waals surface area contributed by atoms with Crippen molar-refractivity contribution in [3.05, 3.63) is 35.0 Å². The molecule has 0 radical (unpaired) electrons. The summed E-state index contributed by atoms with van der Waals surface area (Å²) < 4.78 is 1.86. The summed E-state index contributed by atoms with van der Waals surface area (Å²) in [7, 11) is 0. The molecule has 0 spiro atoms. The van der Waals surface area contributed by atoms with Crippen LogP contribution in [0.2, 0.25) is 0 Å². The number of rotatable bonds is 4. The third-order valence-corrected chi connectivity index (χ3v) is 4.06. The van der Waals surface area contributed by atoms with Crippen molar-refractivity contribution in [3.63, 3.8) is 0 Å². The molecule has 2 aromatic rings. The van der Waals surface area contributed by atoms with Crippen molar-refractivity contribution in [1.82, 2.24) is 4.57 Å². The van der Waals surface area contributed by atoms with E-state index in [9.17, 15) is 15.0 Å². The molecule has 0 atom stereocenters. The van der Waals surface area contributed by atoms with Crippen LogP contribution in [0, 0.1) is 0 Å². The molecule has 4 nitrogen and oxygen atoms in total. The van der Waals surface area contributed by atoms with Crippen LogP contribution >= 0.6 is 0 Å². The van der Waals surface area contributed by atoms with Crippen LogP contribution in [-0.4, -0.2) is 27.4 Å². The summed E-state index contributed by atoms with van der Waals surface area (Å²) in [5.74, 6) is -0.636. The van der Waals surface area contributed by atoms with Gasteiger partial charge >= 0.3 is 5.97 Å². The van der Waals surface area contributed by atoms with Crippen molar-refractivity contribution in [2.45, 2.75) is 52.5 Å². The highest BCUT2D eigenvalue weighted by molar-refractivity contribution is 6.04. The van der Waals surface area contributed by atoms with Gasteiger partial charge < -0.3 is 14.8 Å². The average molecular weight is 303 g/mol. The molecule has 22 heavy (non-hydrogen) atoms. The topological polar surface area (TPSA) is 62.5 Å². The van der Waals surface area contributed by atoms with Crippen LogP contribution in [0.3, 0.4) is 0 Å². The number of aromatic nitrogens is 1. The Labute approximate surface area is 131 Å². The minimum Gasteiger partial charge on any atom is -0.478 e. The van der Waals surface area contributed by atoms with Gasteiger partial charge in [0.25, 0.3) is 0 Å². The van der Waals surface area contributed by atoms with Crippen molar-refractivity contribution < 1.29 is 15.0 Å². The maximum absolute atomic E-state index is 11.8. The van der Waals surface area contributed by atoms with Crippen molar-refractivity contribution in [2.24, 2.45) is 0 Å². The second-order valence-corrected chi connectivity index (χ2v) is 7.13. The van der Waals surface area contributed by atoms with Crippen LogP contribution < -0.4 is 0 Å². The third-order valence-electron chi connectivity index (χ3n) is 4.06. The van der Waals surface area contributed by atoms with Gasteiger partial charge in [0.2, 0.25) is 0 Å². The van der Waals surface area contributed by atoms with E-state index < -0.39 is 5.97 Å². The van der Waals surface area contributed by atoms with Crippen LogP contribution in [0.1, 0.15) is 62.0 Å². The molecule has 0 fully saturated rings. The monoisotopic (exact) mass is 303 g/mol. The van der Waals surface area contributed by atoms with Gasteiger partial charge in [-0.1, -0.05) is 34.6 Å². The standard InChI is InChI=1S/C18H25NO3/c1-11(2)15-10-19(6-7-20)16-13(15)8-12(18(3,4)5)9-14(16)17(21)22/h8-11,20H,6-7H2,1-5H3,(H,21,22). The molecule has 2 rings (SSSR count). The van der Waals surface area contributed by atoms with E-state index in [1.165, 1.54) is 0 Å². The summed E-state index contributed by atoms with van der Waals surface area (Å²) in [5.41, 5.74) is 3.03. The molecule has 0 aliphatic rings. The number of aliphatic hydroxyl groups excluding tert-OH is 1. The lowest BCUT2D eigenvalue weighted by atomic mass is 9.84. The smallest absolute Gasteiger partial charge is 0.337 e. The second kappa shape index (κ2) is 5.76. The Bertz CT molecular complexity index is 705. The summed E-state index contributed by atoms with van der Waals surface area (Å²) >= 11 is 0. The Morgan fingerprint density at radius 3 is 2.36 bits per heavy atom. The molecule has 0 amide bonds. The maximum Gasteiger partial charge on any atom is 0.337 e. The van der Waals surface area contributed by atoms with E-state index in [-0.39, 0.29) is 12.0 Å². The minimum atomic E-state index is -0.927. The van der Waals surface area contributed by atoms with Gasteiger partial charge in [-0.05, 0) is 34.6 Å². The molecule has 0 bridgehead atoms. The van der Waals surface area contributed by atoms with Crippen LogP contribution in [0.15, 0.2) is 18.3 Å². The van der Waals surface area contributed by atoms with E-state index >= 15 is 0 Å². The molecule has 0 saturated heterocycles. The summed E-state index contributed by atoms with van der Waals surface area (Å²) in [6.07, 6.45) is 1.98. The molecule has 0 unspecified atom stereocenters. The lowest BCUT2D eigenvalue weighted by Crippen LogP contribution is -2.13. The molecule has 2 N–H and O–H groups in total. The average Bonchev–Trinajstić information content (AvgIpc) is 2.76. The molecule has 1 heterocycles. The maximum atomic E-state index is 11.8. The van der Waals surface area contributed by atoms with Gasteiger partial charge in [-0.15, -0.1) is 0 Å². The number of carboxylic acids is 1. The Hall–Kier alpha value is -1.81. The van der Waals surface area contributed by atoms with Gasteiger partial charge in [0.05, 0.1) is 17.7 Å². The molecular formula is C18H25NO3. The Morgan fingerprint density at radius 2 is 1.91 bits per heavy atom. The zero-order chi connectivity index (χ0) is 16.7. The third kappa shape index (κ3) is 2.88. The molecule has 120 valence electrons. The fraction of sp³-hybridized carbons (Fsp3) is 0.500. The first-order valence-corrected chi connectivity index (χ1v) is 7.68. The predicted octanol–water partition coefficient (Wildman–Crippen LogP) is 3.75. The van der Waals surface area contributed by atoms with E-state index in [1.807, 2.05) is 10.8 Å². The number of hydrogen-bond acceptors (Lipinski definition) is 2. The fourth-order valence-electron chi connectivity index (χ4n) is 2.81. The van der Waals surface area contributed by atoms with E-state index in [4.69, 9.17) is 0 Å². The highest BCUT2D eigenvalue weighted by Gasteiger charge is 2.23. The predicted molar refractivity (Wildman–Crippen MR) is 88.8 cm³/mol. The van der Waals surface area contributed by atoms with Crippen molar-refractivity contribution in [3.8, 4) is 0 Å². The largest absolute Gasteiger partial charge is 0.478 e. The lowest BCUT2D eigenvalue weighted by Gasteiger charge is -2.20. The van der Waals surface area contributed by atoms with E-state index in [0.29, 0.717) is 23.5 Å². The quantitative estimate of drug-likeness (QED) is 0.904. The SMILES string of the molecule is CC(C)c1cn(CCO)c2c(C(=O)O)cc(C(C)(C)C)cc12. The molecule has 0 aliphatic carbocycles. The Morgan fingerprint density at radius 1 is 1.27 bits per heavy atom. The van der Waals surface area contributed by atoms with Crippen molar-refractivity contribution >= 4 is 16.9 Å². The minimum absolute atomic E-state index is 0.0125. The summed E-state index contributed by atoms with van der Waals surface area (Å²) in [6, 6.07) is 3.87. The lowest BCUT2D eigenvalue weighted by molar-refractivity contribution is 0.0698. The molecular weight excluding hydrogens is 278 g/mol. The van der Waals surface area contributed by atoms with Gasteiger partial charge in [0, 0.05) is 18.1 Å². The zero-order valence-corrected chi connectivity index (χ0v) is 14.0. The number of nitrogens with zero attached hydrogens (tertiary/aromatic N) is 1. The van der Waals surface area contributed by atoms with Gasteiger partial charge in [-0.2, -0.15) is 0 Å². The van der Waals surface area contributed by atoms with Gasteiger partial charge in [-0.25, -0.2) is 4.79 Å². The van der Waals surface area contributed by atoms with E-state index in [1.54, 1.807) is 6.07 Å². The molecule has 1 aromatic carbocycles. The first-order chi connectivity index (χ1) is 10.2. The summed E-state index contributed by atoms with van der Waals surface area (Å²) in [5, 5.41) is 19.9. The molecule has 4 heteroatoms. The van der Waals surface area contributed by atoms with Crippen LogP contribution in [0.4, 0.5) is 0 Å². The van der Waals surface area contributed by atoms with E-state index in [0.717, 1.165) is 16.5 Å². The molecule has 1 aromatic heterocycles. The van der Waals surface area contributed by atoms with Crippen LogP contribution in [-0.2, 0) is 12.0 Å². The number of aromatic carboxylic acids is 1. The van der Waals surface area contributed by atoms with Gasteiger partial charge in [0.1, 0.15) is 0 Å². The number of carboxylic acid groups (broad SMARTS) is 1. The Kier molecular flexibility index (Phi) is 4.34. The number of fused-ring (bicyclic) bond motifs is 1. The first kappa shape index (κ1) is 16.6. The van der Waals surface area contributed by atoms with Gasteiger partial charge in [0.15, 0.2) is 0 Å². The number of hydrogen-bond donors (Lipinski definition) is 2. The van der Waals surface area contributed by atoms with Crippen molar-refractivity contribution in [2.75, 3.05) is 6.61 Å². The molecule has 0 saturated carbocycles.